The number of fused-ring (bicyclic) bond motifs is 1. The number of thiazole rings is 1. The highest BCUT2D eigenvalue weighted by atomic mass is 35.5. The first-order valence-electron chi connectivity index (χ1n) is 9.47. The number of sulfonamides is 1. The summed E-state index contributed by atoms with van der Waals surface area (Å²) in [5.74, 6) is -0.516. The van der Waals surface area contributed by atoms with E-state index in [-0.39, 0.29) is 36.4 Å². The molecule has 0 fully saturated rings. The third-order valence-corrected chi connectivity index (χ3v) is 7.97. The zero-order valence-corrected chi connectivity index (χ0v) is 19.4. The van der Waals surface area contributed by atoms with E-state index in [4.69, 9.17) is 22.1 Å². The number of hydrogen-bond donors (Lipinski definition) is 0. The van der Waals surface area contributed by atoms with E-state index in [2.05, 4.69) is 4.99 Å². The predicted molar refractivity (Wildman–Crippen MR) is 121 cm³/mol. The number of amides is 1. The van der Waals surface area contributed by atoms with Crippen molar-refractivity contribution < 1.29 is 13.2 Å². The first-order valence-corrected chi connectivity index (χ1v) is 12.1. The van der Waals surface area contributed by atoms with Crippen LogP contribution in [-0.4, -0.2) is 36.3 Å². The van der Waals surface area contributed by atoms with E-state index in [1.807, 2.05) is 24.3 Å². The Balaban J connectivity index is 1.90. The summed E-state index contributed by atoms with van der Waals surface area (Å²) in [5, 5.41) is 18.1. The van der Waals surface area contributed by atoms with Crippen LogP contribution in [0.5, 0.6) is 0 Å². The van der Waals surface area contributed by atoms with Crippen LogP contribution in [0, 0.1) is 22.7 Å². The van der Waals surface area contributed by atoms with Crippen molar-refractivity contribution in [3.8, 4) is 12.1 Å². The van der Waals surface area contributed by atoms with Gasteiger partial charge in [0.2, 0.25) is 10.0 Å². The Morgan fingerprint density at radius 1 is 1.12 bits per heavy atom. The molecule has 1 heterocycles. The SMILES string of the molecule is Cn1c(=NC(=O)c2ccc(S(=O)(=O)N(CCC#N)CCC#N)cc2)sc2cccc(Cl)c21. The van der Waals surface area contributed by atoms with Gasteiger partial charge in [-0.2, -0.15) is 19.8 Å². The highest BCUT2D eigenvalue weighted by molar-refractivity contribution is 7.89. The number of para-hydroxylation sites is 1. The van der Waals surface area contributed by atoms with Gasteiger partial charge in [0.05, 0.1) is 32.3 Å². The van der Waals surface area contributed by atoms with E-state index >= 15 is 0 Å². The average molecular weight is 488 g/mol. The molecule has 1 aromatic heterocycles. The van der Waals surface area contributed by atoms with Crippen molar-refractivity contribution >= 4 is 49.1 Å². The minimum absolute atomic E-state index is 0.0102. The summed E-state index contributed by atoms with van der Waals surface area (Å²) >= 11 is 7.56. The number of benzene rings is 2. The van der Waals surface area contributed by atoms with Gasteiger partial charge in [0, 0.05) is 38.5 Å². The fraction of sp³-hybridized carbons (Fsp3) is 0.238. The summed E-state index contributed by atoms with van der Waals surface area (Å²) in [6.07, 6.45) is 0.0205. The molecule has 0 N–H and O–H groups in total. The molecule has 0 unspecified atom stereocenters. The van der Waals surface area contributed by atoms with Gasteiger partial charge in [0.25, 0.3) is 5.91 Å². The van der Waals surface area contributed by atoms with E-state index in [1.54, 1.807) is 17.7 Å². The van der Waals surface area contributed by atoms with Crippen molar-refractivity contribution in [2.75, 3.05) is 13.1 Å². The van der Waals surface area contributed by atoms with Gasteiger partial charge in [-0.05, 0) is 36.4 Å². The molecule has 0 bridgehead atoms. The van der Waals surface area contributed by atoms with Crippen molar-refractivity contribution in [1.82, 2.24) is 8.87 Å². The third-order valence-electron chi connectivity index (χ3n) is 4.66. The molecule has 8 nitrogen and oxygen atoms in total. The summed E-state index contributed by atoms with van der Waals surface area (Å²) in [5.41, 5.74) is 1.01. The number of carbonyl (C=O) groups excluding carboxylic acids is 1. The second-order valence-corrected chi connectivity index (χ2v) is 10.0. The molecule has 0 aliphatic heterocycles. The second-order valence-electron chi connectivity index (χ2n) is 6.69. The van der Waals surface area contributed by atoms with E-state index < -0.39 is 15.9 Å². The second kappa shape index (κ2) is 10.1. The van der Waals surface area contributed by atoms with E-state index in [0.717, 1.165) is 14.5 Å². The Kier molecular flexibility index (Phi) is 7.44. The predicted octanol–water partition coefficient (Wildman–Crippen LogP) is 3.45. The van der Waals surface area contributed by atoms with Crippen LogP contribution < -0.4 is 4.80 Å². The minimum atomic E-state index is -3.90. The first-order chi connectivity index (χ1) is 15.3. The number of aryl methyl sites for hydroxylation is 1. The maximum Gasteiger partial charge on any atom is 0.279 e. The third kappa shape index (κ3) is 4.90. The van der Waals surface area contributed by atoms with Crippen LogP contribution in [0.25, 0.3) is 10.2 Å². The van der Waals surface area contributed by atoms with E-state index in [1.165, 1.54) is 35.6 Å². The monoisotopic (exact) mass is 487 g/mol. The summed E-state index contributed by atoms with van der Waals surface area (Å²) in [6.45, 7) is -0.0248. The Bertz CT molecular complexity index is 1390. The lowest BCUT2D eigenvalue weighted by Gasteiger charge is -2.20. The molecule has 0 atom stereocenters. The minimum Gasteiger partial charge on any atom is -0.318 e. The van der Waals surface area contributed by atoms with Gasteiger partial charge in [0.1, 0.15) is 0 Å². The fourth-order valence-corrected chi connectivity index (χ4v) is 5.88. The van der Waals surface area contributed by atoms with Crippen molar-refractivity contribution in [2.24, 2.45) is 12.0 Å². The number of aromatic nitrogens is 1. The highest BCUT2D eigenvalue weighted by Gasteiger charge is 2.24. The molecule has 2 aromatic carbocycles. The number of nitriles is 2. The Labute approximate surface area is 194 Å². The van der Waals surface area contributed by atoms with E-state index in [9.17, 15) is 13.2 Å². The highest BCUT2D eigenvalue weighted by Crippen LogP contribution is 2.24. The largest absolute Gasteiger partial charge is 0.318 e. The topological polar surface area (TPSA) is 119 Å². The molecule has 11 heteroatoms. The lowest BCUT2D eigenvalue weighted by molar-refractivity contribution is 0.0998. The number of carbonyl (C=O) groups is 1. The molecule has 0 aliphatic rings. The molecular weight excluding hydrogens is 470 g/mol. The molecule has 0 radical (unpaired) electrons. The summed E-state index contributed by atoms with van der Waals surface area (Å²) in [6, 6.07) is 14.7. The summed E-state index contributed by atoms with van der Waals surface area (Å²) in [4.78, 5) is 17.3. The Hall–Kier alpha value is -3.02. The fourth-order valence-electron chi connectivity index (χ4n) is 3.04. The van der Waals surface area contributed by atoms with Crippen LogP contribution in [-0.2, 0) is 17.1 Å². The van der Waals surface area contributed by atoms with Crippen molar-refractivity contribution in [2.45, 2.75) is 17.7 Å². The number of nitrogens with zero attached hydrogens (tertiary/aromatic N) is 5. The maximum atomic E-state index is 12.9. The van der Waals surface area contributed by atoms with Gasteiger partial charge in [-0.15, -0.1) is 0 Å². The Morgan fingerprint density at radius 2 is 1.75 bits per heavy atom. The van der Waals surface area contributed by atoms with Gasteiger partial charge in [-0.25, -0.2) is 8.42 Å². The van der Waals surface area contributed by atoms with Crippen molar-refractivity contribution in [1.29, 1.82) is 10.5 Å². The van der Waals surface area contributed by atoms with Crippen LogP contribution in [0.3, 0.4) is 0 Å². The van der Waals surface area contributed by atoms with Gasteiger partial charge in [-0.1, -0.05) is 29.0 Å². The van der Waals surface area contributed by atoms with Crippen LogP contribution in [0.15, 0.2) is 52.4 Å². The molecule has 164 valence electrons. The smallest absolute Gasteiger partial charge is 0.279 e. The lowest BCUT2D eigenvalue weighted by atomic mass is 10.2. The number of halogens is 1. The molecule has 3 rings (SSSR count). The van der Waals surface area contributed by atoms with Crippen molar-refractivity contribution in [3.63, 3.8) is 0 Å². The van der Waals surface area contributed by atoms with Gasteiger partial charge in [0.15, 0.2) is 4.80 Å². The zero-order chi connectivity index (χ0) is 23.3. The molecule has 32 heavy (non-hydrogen) atoms. The summed E-state index contributed by atoms with van der Waals surface area (Å²) < 4.78 is 29.5. The lowest BCUT2D eigenvalue weighted by Crippen LogP contribution is -2.32. The standard InChI is InChI=1S/C21H18ClN5O3S2/c1-26-19-17(22)5-2-6-18(19)31-21(26)25-20(28)15-7-9-16(10-8-15)32(29,30)27(13-3-11-23)14-4-12-24/h2,5-10H,3-4,13-14H2,1H3. The molecule has 0 aliphatic carbocycles. The Morgan fingerprint density at radius 3 is 2.31 bits per heavy atom. The first kappa shape index (κ1) is 23.6. The molecule has 3 aromatic rings. The number of hydrogen-bond acceptors (Lipinski definition) is 6. The van der Waals surface area contributed by atoms with Crippen molar-refractivity contribution in [3.05, 3.63) is 57.9 Å². The molecular formula is C21H18ClN5O3S2. The molecule has 0 saturated carbocycles. The average Bonchev–Trinajstić information content (AvgIpc) is 3.10. The molecule has 0 saturated heterocycles. The van der Waals surface area contributed by atoms with Crippen LogP contribution in [0.4, 0.5) is 0 Å². The number of rotatable bonds is 7. The molecule has 1 amide bonds. The van der Waals surface area contributed by atoms with Gasteiger partial charge >= 0.3 is 0 Å². The normalized spacial score (nSPS) is 12.1. The maximum absolute atomic E-state index is 12.9. The van der Waals surface area contributed by atoms with Crippen LogP contribution in [0.2, 0.25) is 5.02 Å². The zero-order valence-electron chi connectivity index (χ0n) is 17.0. The van der Waals surface area contributed by atoms with Gasteiger partial charge in [-0.3, -0.25) is 4.79 Å². The van der Waals surface area contributed by atoms with E-state index in [0.29, 0.717) is 9.82 Å². The van der Waals surface area contributed by atoms with Crippen LogP contribution >= 0.6 is 22.9 Å². The molecule has 0 spiro atoms. The quantitative estimate of drug-likeness (QED) is 0.505. The van der Waals surface area contributed by atoms with Crippen LogP contribution in [0.1, 0.15) is 23.2 Å². The van der Waals surface area contributed by atoms with Gasteiger partial charge < -0.3 is 4.57 Å². The summed E-state index contributed by atoms with van der Waals surface area (Å²) in [7, 11) is -2.14.